The van der Waals surface area contributed by atoms with Gasteiger partial charge in [0.15, 0.2) is 5.96 Å². The molecule has 1 aliphatic heterocycles. The molecule has 0 radical (unpaired) electrons. The van der Waals surface area contributed by atoms with Gasteiger partial charge in [-0.3, -0.25) is 4.98 Å². The highest BCUT2D eigenvalue weighted by atomic mass is 127. The maximum atomic E-state index is 4.79. The van der Waals surface area contributed by atoms with Crippen LogP contribution in [0.2, 0.25) is 0 Å². The zero-order chi connectivity index (χ0) is 14.5. The quantitative estimate of drug-likeness (QED) is 0.469. The van der Waals surface area contributed by atoms with Crippen LogP contribution < -0.4 is 5.32 Å². The van der Waals surface area contributed by atoms with Gasteiger partial charge in [0.25, 0.3) is 0 Å². The lowest BCUT2D eigenvalue weighted by Gasteiger charge is -2.22. The largest absolute Gasteiger partial charge is 0.357 e. The summed E-state index contributed by atoms with van der Waals surface area (Å²) < 4.78 is 0. The van der Waals surface area contributed by atoms with E-state index in [4.69, 9.17) is 4.99 Å². The number of fused-ring (bicyclic) bond motifs is 1. The second-order valence-corrected chi connectivity index (χ2v) is 6.20. The van der Waals surface area contributed by atoms with Gasteiger partial charge in [-0.25, -0.2) is 4.99 Å². The molecular weight excluding hydrogens is 387 g/mol. The Labute approximate surface area is 150 Å². The van der Waals surface area contributed by atoms with Crippen LogP contribution in [0, 0.1) is 11.8 Å². The lowest BCUT2D eigenvalue weighted by atomic mass is 9.82. The number of aromatic nitrogens is 1. The van der Waals surface area contributed by atoms with Crippen molar-refractivity contribution in [2.45, 2.75) is 39.2 Å². The van der Waals surface area contributed by atoms with Crippen LogP contribution in [0.4, 0.5) is 0 Å². The summed E-state index contributed by atoms with van der Waals surface area (Å²) in [6.45, 7) is 6.08. The Bertz CT molecular complexity index is 463. The molecule has 0 spiro atoms. The summed E-state index contributed by atoms with van der Waals surface area (Å²) in [6.07, 6.45) is 7.47. The zero-order valence-corrected chi connectivity index (χ0v) is 15.7. The molecule has 1 N–H and O–H groups in total. The van der Waals surface area contributed by atoms with Crippen LogP contribution >= 0.6 is 24.0 Å². The fourth-order valence-corrected chi connectivity index (χ4v) is 3.65. The van der Waals surface area contributed by atoms with E-state index in [1.165, 1.54) is 38.8 Å². The molecule has 5 heteroatoms. The highest BCUT2D eigenvalue weighted by molar-refractivity contribution is 14.0. The van der Waals surface area contributed by atoms with E-state index in [1.54, 1.807) is 0 Å². The maximum absolute atomic E-state index is 4.79. The molecular formula is C17H27IN4. The van der Waals surface area contributed by atoms with Crippen molar-refractivity contribution in [1.29, 1.82) is 0 Å². The fourth-order valence-electron chi connectivity index (χ4n) is 3.65. The average Bonchev–Trinajstić information content (AvgIpc) is 2.96. The van der Waals surface area contributed by atoms with Crippen molar-refractivity contribution < 1.29 is 0 Å². The first-order valence-corrected chi connectivity index (χ1v) is 8.30. The van der Waals surface area contributed by atoms with Crippen LogP contribution in [0.1, 0.15) is 38.3 Å². The molecule has 2 unspecified atom stereocenters. The molecule has 0 aromatic carbocycles. The maximum Gasteiger partial charge on any atom is 0.194 e. The second kappa shape index (κ2) is 8.70. The third kappa shape index (κ3) is 4.33. The number of halogens is 1. The Kier molecular flexibility index (Phi) is 6.92. The van der Waals surface area contributed by atoms with E-state index < -0.39 is 0 Å². The van der Waals surface area contributed by atoms with E-state index in [0.29, 0.717) is 6.54 Å². The normalized spacial score (nSPS) is 24.6. The summed E-state index contributed by atoms with van der Waals surface area (Å²) in [4.78, 5) is 11.6. The summed E-state index contributed by atoms with van der Waals surface area (Å²) >= 11 is 0. The number of nitrogens with zero attached hydrogens (tertiary/aromatic N) is 3. The second-order valence-electron chi connectivity index (χ2n) is 6.20. The lowest BCUT2D eigenvalue weighted by Crippen LogP contribution is -2.40. The van der Waals surface area contributed by atoms with E-state index in [2.05, 4.69) is 22.1 Å². The Morgan fingerprint density at radius 3 is 2.59 bits per heavy atom. The van der Waals surface area contributed by atoms with Crippen LogP contribution in [-0.2, 0) is 6.54 Å². The standard InChI is InChI=1S/C17H26N4.HI/c1-2-18-17(20-11-16-9-5-6-10-19-16)21-12-14-7-3-4-8-15(14)13-21;/h5-6,9-10,14-15H,2-4,7-8,11-13H2,1H3,(H,18,20);1H. The predicted molar refractivity (Wildman–Crippen MR) is 101 cm³/mol. The summed E-state index contributed by atoms with van der Waals surface area (Å²) in [6, 6.07) is 6.01. The predicted octanol–water partition coefficient (Wildman–Crippen LogP) is 3.29. The van der Waals surface area contributed by atoms with Crippen molar-refractivity contribution in [3.8, 4) is 0 Å². The number of pyridine rings is 1. The Morgan fingerprint density at radius 2 is 2.00 bits per heavy atom. The summed E-state index contributed by atoms with van der Waals surface area (Å²) in [5.41, 5.74) is 1.03. The van der Waals surface area contributed by atoms with E-state index in [9.17, 15) is 0 Å². The van der Waals surface area contributed by atoms with Crippen molar-refractivity contribution in [1.82, 2.24) is 15.2 Å². The van der Waals surface area contributed by atoms with Gasteiger partial charge >= 0.3 is 0 Å². The highest BCUT2D eigenvalue weighted by Gasteiger charge is 2.35. The fraction of sp³-hybridized carbons (Fsp3) is 0.647. The number of hydrogen-bond donors (Lipinski definition) is 1. The van der Waals surface area contributed by atoms with Crippen LogP contribution in [0.25, 0.3) is 0 Å². The first-order valence-electron chi connectivity index (χ1n) is 8.30. The monoisotopic (exact) mass is 414 g/mol. The molecule has 22 heavy (non-hydrogen) atoms. The van der Waals surface area contributed by atoms with Gasteiger partial charge < -0.3 is 10.2 Å². The Balaban J connectivity index is 0.00000176. The molecule has 1 aliphatic carbocycles. The molecule has 1 saturated heterocycles. The van der Waals surface area contributed by atoms with E-state index in [1.807, 2.05) is 24.4 Å². The van der Waals surface area contributed by atoms with Gasteiger partial charge in [0.1, 0.15) is 0 Å². The summed E-state index contributed by atoms with van der Waals surface area (Å²) in [5.74, 6) is 2.84. The number of likely N-dealkylation sites (tertiary alicyclic amines) is 1. The number of rotatable bonds is 3. The summed E-state index contributed by atoms with van der Waals surface area (Å²) in [5, 5.41) is 3.45. The molecule has 2 heterocycles. The molecule has 122 valence electrons. The number of nitrogens with one attached hydrogen (secondary N) is 1. The molecule has 0 amide bonds. The van der Waals surface area contributed by atoms with Crippen molar-refractivity contribution in [3.63, 3.8) is 0 Å². The van der Waals surface area contributed by atoms with E-state index in [-0.39, 0.29) is 24.0 Å². The van der Waals surface area contributed by atoms with Gasteiger partial charge in [-0.2, -0.15) is 0 Å². The SMILES string of the molecule is CCNC(=NCc1ccccn1)N1CC2CCCCC2C1.I. The minimum Gasteiger partial charge on any atom is -0.357 e. The van der Waals surface area contributed by atoms with Crippen molar-refractivity contribution in [3.05, 3.63) is 30.1 Å². The number of guanidine groups is 1. The molecule has 4 nitrogen and oxygen atoms in total. The molecule has 2 atom stereocenters. The highest BCUT2D eigenvalue weighted by Crippen LogP contribution is 2.35. The third-order valence-corrected chi connectivity index (χ3v) is 4.73. The van der Waals surface area contributed by atoms with Crippen LogP contribution in [0.3, 0.4) is 0 Å². The first kappa shape index (κ1) is 17.5. The minimum atomic E-state index is 0. The van der Waals surface area contributed by atoms with Crippen LogP contribution in [0.5, 0.6) is 0 Å². The minimum absolute atomic E-state index is 0. The van der Waals surface area contributed by atoms with Gasteiger partial charge in [-0.15, -0.1) is 24.0 Å². The van der Waals surface area contributed by atoms with Crippen molar-refractivity contribution >= 4 is 29.9 Å². The summed E-state index contributed by atoms with van der Waals surface area (Å²) in [7, 11) is 0. The molecule has 0 bridgehead atoms. The topological polar surface area (TPSA) is 40.5 Å². The third-order valence-electron chi connectivity index (χ3n) is 4.73. The number of aliphatic imine (C=N–C) groups is 1. The Morgan fingerprint density at radius 1 is 1.27 bits per heavy atom. The molecule has 1 aromatic rings. The van der Waals surface area contributed by atoms with Crippen molar-refractivity contribution in [2.75, 3.05) is 19.6 Å². The van der Waals surface area contributed by atoms with E-state index in [0.717, 1.165) is 30.0 Å². The Hall–Kier alpha value is -0.850. The van der Waals surface area contributed by atoms with Gasteiger partial charge in [0.05, 0.1) is 12.2 Å². The van der Waals surface area contributed by atoms with Crippen molar-refractivity contribution in [2.24, 2.45) is 16.8 Å². The van der Waals surface area contributed by atoms with Crippen LogP contribution in [-0.4, -0.2) is 35.5 Å². The van der Waals surface area contributed by atoms with Gasteiger partial charge in [0.2, 0.25) is 0 Å². The lowest BCUT2D eigenvalue weighted by molar-refractivity contribution is 0.299. The van der Waals surface area contributed by atoms with Crippen LogP contribution in [0.15, 0.2) is 29.4 Å². The van der Waals surface area contributed by atoms with Gasteiger partial charge in [-0.05, 0) is 43.7 Å². The number of hydrogen-bond acceptors (Lipinski definition) is 2. The molecule has 3 rings (SSSR count). The smallest absolute Gasteiger partial charge is 0.194 e. The molecule has 1 saturated carbocycles. The molecule has 2 fully saturated rings. The first-order chi connectivity index (χ1) is 10.4. The van der Waals surface area contributed by atoms with E-state index >= 15 is 0 Å². The zero-order valence-electron chi connectivity index (χ0n) is 13.4. The van der Waals surface area contributed by atoms with Gasteiger partial charge in [-0.1, -0.05) is 18.9 Å². The average molecular weight is 414 g/mol. The molecule has 2 aliphatic rings. The molecule has 1 aromatic heterocycles. The van der Waals surface area contributed by atoms with Gasteiger partial charge in [0, 0.05) is 25.8 Å².